The average molecular weight is 353 g/mol. The Bertz CT molecular complexity index is 843. The van der Waals surface area contributed by atoms with Gasteiger partial charge >= 0.3 is 0 Å². The fourth-order valence-corrected chi connectivity index (χ4v) is 2.34. The van der Waals surface area contributed by atoms with Crippen molar-refractivity contribution in [3.05, 3.63) is 53.7 Å². The van der Waals surface area contributed by atoms with Gasteiger partial charge in [0.15, 0.2) is 5.82 Å². The Morgan fingerprint density at radius 2 is 1.92 bits per heavy atom. The van der Waals surface area contributed by atoms with E-state index in [1.165, 1.54) is 0 Å². The Morgan fingerprint density at radius 1 is 1.12 bits per heavy atom. The van der Waals surface area contributed by atoms with E-state index in [0.717, 1.165) is 5.69 Å². The van der Waals surface area contributed by atoms with E-state index in [1.54, 1.807) is 26.2 Å². The van der Waals surface area contributed by atoms with Gasteiger partial charge in [0, 0.05) is 19.3 Å². The van der Waals surface area contributed by atoms with Crippen LogP contribution in [0.1, 0.15) is 21.8 Å². The highest BCUT2D eigenvalue weighted by Crippen LogP contribution is 2.13. The summed E-state index contributed by atoms with van der Waals surface area (Å²) in [5.41, 5.74) is 1.90. The van der Waals surface area contributed by atoms with Crippen molar-refractivity contribution in [1.82, 2.24) is 25.7 Å². The molecule has 0 bridgehead atoms. The van der Waals surface area contributed by atoms with Gasteiger partial charge < -0.3 is 20.5 Å². The summed E-state index contributed by atoms with van der Waals surface area (Å²) in [6, 6.07) is 7.34. The van der Waals surface area contributed by atoms with Crippen LogP contribution in [0.5, 0.6) is 0 Å². The highest BCUT2D eigenvalue weighted by atomic mass is 16.5. The largest absolute Gasteiger partial charge is 0.367 e. The Morgan fingerprint density at radius 3 is 2.58 bits per heavy atom. The predicted molar refractivity (Wildman–Crippen MR) is 96.4 cm³/mol. The first-order chi connectivity index (χ1) is 12.6. The van der Waals surface area contributed by atoms with E-state index in [9.17, 15) is 4.79 Å². The summed E-state index contributed by atoms with van der Waals surface area (Å²) < 4.78 is 4.99. The maximum absolute atomic E-state index is 12.1. The van der Waals surface area contributed by atoms with Gasteiger partial charge in [-0.05, 0) is 38.1 Å². The van der Waals surface area contributed by atoms with Gasteiger partial charge in [-0.15, -0.1) is 10.2 Å². The number of amides is 1. The quantitative estimate of drug-likeness (QED) is 0.553. The van der Waals surface area contributed by atoms with Crippen molar-refractivity contribution in [3.63, 3.8) is 0 Å². The number of rotatable bonds is 7. The first kappa shape index (κ1) is 17.3. The molecule has 1 amide bonds. The summed E-state index contributed by atoms with van der Waals surface area (Å²) in [6.07, 6.45) is 3.41. The molecule has 9 heteroatoms. The maximum Gasteiger partial charge on any atom is 0.256 e. The summed E-state index contributed by atoms with van der Waals surface area (Å²) in [5.74, 6) is 1.55. The standard InChI is InChI=1S/C17H19N7O2/c1-11-16(12(2)26-24-11)17(25)20-9-8-19-14-5-6-15(23-22-14)21-13-4-3-7-18-10-13/h3-7,10H,8-9H2,1-2H3,(H,19,22)(H,20,25)(H,21,23). The van der Waals surface area contributed by atoms with Crippen LogP contribution in [-0.2, 0) is 0 Å². The van der Waals surface area contributed by atoms with Gasteiger partial charge in [-0.2, -0.15) is 0 Å². The fourth-order valence-electron chi connectivity index (χ4n) is 2.34. The van der Waals surface area contributed by atoms with Crippen molar-refractivity contribution in [2.45, 2.75) is 13.8 Å². The third-order valence-electron chi connectivity index (χ3n) is 3.58. The topological polar surface area (TPSA) is 118 Å². The van der Waals surface area contributed by atoms with Gasteiger partial charge in [0.05, 0.1) is 17.6 Å². The third-order valence-corrected chi connectivity index (χ3v) is 3.58. The number of nitrogens with zero attached hydrogens (tertiary/aromatic N) is 4. The molecule has 0 aromatic carbocycles. The Balaban J connectivity index is 1.44. The van der Waals surface area contributed by atoms with Crippen LogP contribution in [0, 0.1) is 13.8 Å². The van der Waals surface area contributed by atoms with Crippen molar-refractivity contribution >= 4 is 23.2 Å². The summed E-state index contributed by atoms with van der Waals surface area (Å²) in [4.78, 5) is 16.1. The van der Waals surface area contributed by atoms with E-state index in [2.05, 4.69) is 36.3 Å². The zero-order chi connectivity index (χ0) is 18.4. The summed E-state index contributed by atoms with van der Waals surface area (Å²) in [7, 11) is 0. The number of carbonyl (C=O) groups is 1. The molecule has 0 spiro atoms. The summed E-state index contributed by atoms with van der Waals surface area (Å²) in [5, 5.41) is 21.0. The molecule has 3 aromatic rings. The van der Waals surface area contributed by atoms with E-state index >= 15 is 0 Å². The van der Waals surface area contributed by atoms with E-state index in [1.807, 2.05) is 24.3 Å². The second kappa shape index (κ2) is 8.06. The second-order valence-corrected chi connectivity index (χ2v) is 5.55. The molecule has 26 heavy (non-hydrogen) atoms. The van der Waals surface area contributed by atoms with E-state index in [4.69, 9.17) is 4.52 Å². The fraction of sp³-hybridized carbons (Fsp3) is 0.235. The predicted octanol–water partition coefficient (Wildman–Crippen LogP) is 2.06. The highest BCUT2D eigenvalue weighted by Gasteiger charge is 2.16. The molecular weight excluding hydrogens is 334 g/mol. The van der Waals surface area contributed by atoms with Crippen LogP contribution in [0.2, 0.25) is 0 Å². The second-order valence-electron chi connectivity index (χ2n) is 5.55. The molecule has 3 N–H and O–H groups in total. The van der Waals surface area contributed by atoms with Crippen LogP contribution in [0.3, 0.4) is 0 Å². The molecule has 9 nitrogen and oxygen atoms in total. The summed E-state index contributed by atoms with van der Waals surface area (Å²) >= 11 is 0. The number of hydrogen-bond donors (Lipinski definition) is 3. The van der Waals surface area contributed by atoms with Crippen LogP contribution < -0.4 is 16.0 Å². The van der Waals surface area contributed by atoms with Crippen molar-refractivity contribution in [2.75, 3.05) is 23.7 Å². The zero-order valence-electron chi connectivity index (χ0n) is 14.5. The van der Waals surface area contributed by atoms with Crippen molar-refractivity contribution in [2.24, 2.45) is 0 Å². The maximum atomic E-state index is 12.1. The molecule has 0 aliphatic rings. The lowest BCUT2D eigenvalue weighted by Crippen LogP contribution is -2.29. The zero-order valence-corrected chi connectivity index (χ0v) is 14.5. The molecule has 0 saturated carbocycles. The Hall–Kier alpha value is -3.49. The number of anilines is 3. The molecular formula is C17H19N7O2. The molecule has 134 valence electrons. The van der Waals surface area contributed by atoms with Crippen molar-refractivity contribution in [1.29, 1.82) is 0 Å². The van der Waals surface area contributed by atoms with Gasteiger partial charge in [0.25, 0.3) is 5.91 Å². The molecule has 0 fully saturated rings. The minimum absolute atomic E-state index is 0.204. The first-order valence-electron chi connectivity index (χ1n) is 8.09. The number of pyridine rings is 1. The SMILES string of the molecule is Cc1noc(C)c1C(=O)NCCNc1ccc(Nc2cccnc2)nn1. The molecule has 0 aliphatic heterocycles. The summed E-state index contributed by atoms with van der Waals surface area (Å²) in [6.45, 7) is 4.39. The van der Waals surface area contributed by atoms with Crippen LogP contribution in [0.15, 0.2) is 41.2 Å². The highest BCUT2D eigenvalue weighted by molar-refractivity contribution is 5.96. The lowest BCUT2D eigenvalue weighted by Gasteiger charge is -2.08. The van der Waals surface area contributed by atoms with Crippen LogP contribution in [0.4, 0.5) is 17.3 Å². The molecule has 0 radical (unpaired) electrons. The molecule has 0 atom stereocenters. The average Bonchev–Trinajstić information content (AvgIpc) is 2.99. The van der Waals surface area contributed by atoms with Gasteiger partial charge in [-0.1, -0.05) is 5.16 Å². The minimum atomic E-state index is -0.204. The first-order valence-corrected chi connectivity index (χ1v) is 8.09. The Kier molecular flexibility index (Phi) is 5.37. The lowest BCUT2D eigenvalue weighted by molar-refractivity contribution is 0.0953. The molecule has 0 saturated heterocycles. The normalized spacial score (nSPS) is 10.4. The van der Waals surface area contributed by atoms with Gasteiger partial charge in [0.1, 0.15) is 17.1 Å². The van der Waals surface area contributed by atoms with Crippen LogP contribution in [-0.4, -0.2) is 39.3 Å². The van der Waals surface area contributed by atoms with E-state index in [-0.39, 0.29) is 5.91 Å². The minimum Gasteiger partial charge on any atom is -0.367 e. The smallest absolute Gasteiger partial charge is 0.256 e. The van der Waals surface area contributed by atoms with Gasteiger partial charge in [-0.3, -0.25) is 9.78 Å². The Labute approximate surface area is 150 Å². The van der Waals surface area contributed by atoms with Gasteiger partial charge in [-0.25, -0.2) is 0 Å². The van der Waals surface area contributed by atoms with Gasteiger partial charge in [0.2, 0.25) is 0 Å². The molecule has 0 aliphatic carbocycles. The monoisotopic (exact) mass is 353 g/mol. The number of hydrogen-bond acceptors (Lipinski definition) is 8. The van der Waals surface area contributed by atoms with Crippen LogP contribution >= 0.6 is 0 Å². The lowest BCUT2D eigenvalue weighted by atomic mass is 10.2. The molecule has 3 heterocycles. The van der Waals surface area contributed by atoms with E-state index in [0.29, 0.717) is 41.7 Å². The number of carbonyl (C=O) groups excluding carboxylic acids is 1. The van der Waals surface area contributed by atoms with Crippen molar-refractivity contribution in [3.8, 4) is 0 Å². The van der Waals surface area contributed by atoms with E-state index < -0.39 is 0 Å². The molecule has 3 aromatic heterocycles. The molecule has 3 rings (SSSR count). The number of aryl methyl sites for hydroxylation is 2. The number of nitrogens with one attached hydrogen (secondary N) is 3. The molecule has 0 unspecified atom stereocenters. The number of aromatic nitrogens is 4. The van der Waals surface area contributed by atoms with Crippen LogP contribution in [0.25, 0.3) is 0 Å². The third kappa shape index (κ3) is 4.32. The van der Waals surface area contributed by atoms with Crippen molar-refractivity contribution < 1.29 is 9.32 Å².